The molecule has 4 rings (SSSR count). The molecule has 1 saturated heterocycles. The summed E-state index contributed by atoms with van der Waals surface area (Å²) in [7, 11) is 0. The maximum absolute atomic E-state index is 13.4. The van der Waals surface area contributed by atoms with Gasteiger partial charge in [0.1, 0.15) is 5.57 Å². The van der Waals surface area contributed by atoms with Gasteiger partial charge in [-0.15, -0.1) is 0 Å². The molecule has 2 aliphatic heterocycles. The minimum absolute atomic E-state index is 0.0535. The van der Waals surface area contributed by atoms with Crippen molar-refractivity contribution in [2.75, 3.05) is 16.3 Å². The van der Waals surface area contributed by atoms with Crippen LogP contribution in [0.15, 0.2) is 42.0 Å². The largest absolute Gasteiger partial charge is 0.366 e. The molecule has 0 unspecified atom stereocenters. The second kappa shape index (κ2) is 8.58. The number of carbonyl (C=O) groups is 2. The Labute approximate surface area is 205 Å². The maximum Gasteiger partial charge on any atom is 0.270 e. The number of amides is 2. The van der Waals surface area contributed by atoms with Crippen molar-refractivity contribution < 1.29 is 9.59 Å². The summed E-state index contributed by atoms with van der Waals surface area (Å²) in [6.07, 6.45) is 2.71. The number of hydrogen-bond donors (Lipinski definition) is 1. The molecule has 0 bridgehead atoms. The maximum atomic E-state index is 13.4. The Morgan fingerprint density at radius 1 is 1.21 bits per heavy atom. The lowest BCUT2D eigenvalue weighted by Gasteiger charge is -2.47. The molecule has 33 heavy (non-hydrogen) atoms. The van der Waals surface area contributed by atoms with E-state index >= 15 is 0 Å². The Morgan fingerprint density at radius 2 is 1.88 bits per heavy atom. The molecule has 1 atom stereocenters. The van der Waals surface area contributed by atoms with E-state index < -0.39 is 11.8 Å². The van der Waals surface area contributed by atoms with Crippen molar-refractivity contribution >= 4 is 58.2 Å². The molecule has 7 heteroatoms. The number of thiocarbonyl (C=S) groups is 1. The molecule has 1 N–H and O–H groups in total. The van der Waals surface area contributed by atoms with Crippen LogP contribution in [0.3, 0.4) is 0 Å². The van der Waals surface area contributed by atoms with Crippen LogP contribution in [-0.4, -0.2) is 29.0 Å². The Bertz CT molecular complexity index is 1190. The van der Waals surface area contributed by atoms with Crippen LogP contribution < -0.4 is 15.1 Å². The van der Waals surface area contributed by atoms with Crippen LogP contribution in [0.5, 0.6) is 0 Å². The minimum Gasteiger partial charge on any atom is -0.366 e. The zero-order valence-electron chi connectivity index (χ0n) is 19.5. The summed E-state index contributed by atoms with van der Waals surface area (Å²) in [5.74, 6) is -0.575. The first-order valence-electron chi connectivity index (χ1n) is 11.1. The first-order chi connectivity index (χ1) is 15.5. The van der Waals surface area contributed by atoms with Gasteiger partial charge in [0.25, 0.3) is 11.8 Å². The summed E-state index contributed by atoms with van der Waals surface area (Å²) in [6, 6.07) is 11.1. The molecule has 1 fully saturated rings. The van der Waals surface area contributed by atoms with Crippen molar-refractivity contribution in [1.29, 1.82) is 0 Å². The molecule has 2 heterocycles. The third kappa shape index (κ3) is 4.18. The van der Waals surface area contributed by atoms with Crippen LogP contribution in [0.4, 0.5) is 11.4 Å². The van der Waals surface area contributed by atoms with Crippen LogP contribution >= 0.6 is 23.8 Å². The van der Waals surface area contributed by atoms with Gasteiger partial charge in [-0.25, -0.2) is 0 Å². The van der Waals surface area contributed by atoms with Crippen LogP contribution in [0.2, 0.25) is 5.02 Å². The van der Waals surface area contributed by atoms with Gasteiger partial charge >= 0.3 is 0 Å². The number of halogens is 1. The molecule has 0 saturated carbocycles. The fraction of sp³-hybridized carbons (Fsp3) is 0.346. The van der Waals surface area contributed by atoms with E-state index in [1.807, 2.05) is 6.92 Å². The Kier molecular flexibility index (Phi) is 6.10. The molecule has 0 aliphatic carbocycles. The summed E-state index contributed by atoms with van der Waals surface area (Å²) >= 11 is 11.3. The van der Waals surface area contributed by atoms with Crippen LogP contribution in [-0.2, 0) is 9.59 Å². The van der Waals surface area contributed by atoms with E-state index in [0.29, 0.717) is 16.6 Å². The van der Waals surface area contributed by atoms with Gasteiger partial charge in [0, 0.05) is 22.8 Å². The molecular weight excluding hydrogens is 454 g/mol. The van der Waals surface area contributed by atoms with Gasteiger partial charge in [-0.05, 0) is 111 Å². The van der Waals surface area contributed by atoms with Crippen molar-refractivity contribution in [3.05, 3.63) is 63.7 Å². The molecule has 2 aromatic carbocycles. The molecule has 0 aromatic heterocycles. The van der Waals surface area contributed by atoms with Crippen molar-refractivity contribution in [2.45, 2.75) is 52.5 Å². The van der Waals surface area contributed by atoms with Gasteiger partial charge in [-0.2, -0.15) is 0 Å². The lowest BCUT2D eigenvalue weighted by molar-refractivity contribution is -0.122. The van der Waals surface area contributed by atoms with E-state index in [9.17, 15) is 9.59 Å². The number of nitrogens with zero attached hydrogens (tertiary/aromatic N) is 2. The lowest BCUT2D eigenvalue weighted by Crippen LogP contribution is -2.54. The number of nitrogens with one attached hydrogen (secondary N) is 1. The van der Waals surface area contributed by atoms with E-state index in [-0.39, 0.29) is 16.2 Å². The fourth-order valence-corrected chi connectivity index (χ4v) is 5.45. The third-order valence-electron chi connectivity index (χ3n) is 6.58. The summed E-state index contributed by atoms with van der Waals surface area (Å²) in [6.45, 7) is 11.9. The molecule has 2 aromatic rings. The Hall–Kier alpha value is -2.70. The zero-order valence-corrected chi connectivity index (χ0v) is 21.1. The van der Waals surface area contributed by atoms with Crippen LogP contribution in [0.25, 0.3) is 6.08 Å². The van der Waals surface area contributed by atoms with E-state index in [4.69, 9.17) is 23.8 Å². The average molecular weight is 482 g/mol. The Balaban J connectivity index is 1.77. The standard InChI is InChI=1S/C26H28ClN3O2S/c1-6-29-22-11-15(2)17(12-20(22)16(3)14-26(29,4)5)13-21-23(31)28-25(33)30(24(21)32)19-9-7-18(27)8-10-19/h7-13,16H,6,14H2,1-5H3,(H,28,31,33)/b21-13+/t16-/m1/s1. The SMILES string of the molecule is CCN1c2cc(C)c(/C=C3\C(=O)NC(=S)N(c4ccc(Cl)cc4)C3=O)cc2[C@H](C)CC1(C)C. The van der Waals surface area contributed by atoms with Crippen molar-refractivity contribution in [3.63, 3.8) is 0 Å². The highest BCUT2D eigenvalue weighted by atomic mass is 35.5. The topological polar surface area (TPSA) is 52.7 Å². The number of rotatable bonds is 3. The number of fused-ring (bicyclic) bond motifs is 1. The van der Waals surface area contributed by atoms with Crippen LogP contribution in [0.1, 0.15) is 56.7 Å². The summed E-state index contributed by atoms with van der Waals surface area (Å²) in [4.78, 5) is 29.9. The van der Waals surface area contributed by atoms with Crippen molar-refractivity contribution in [2.24, 2.45) is 0 Å². The molecule has 5 nitrogen and oxygen atoms in total. The zero-order chi connectivity index (χ0) is 24.1. The minimum atomic E-state index is -0.489. The van der Waals surface area contributed by atoms with E-state index in [0.717, 1.165) is 24.1 Å². The van der Waals surface area contributed by atoms with E-state index in [2.05, 4.69) is 50.0 Å². The smallest absolute Gasteiger partial charge is 0.270 e. The summed E-state index contributed by atoms with van der Waals surface area (Å²) in [5, 5.41) is 3.26. The normalized spacial score (nSPS) is 21.3. The quantitative estimate of drug-likeness (QED) is 0.352. The molecule has 0 radical (unpaired) electrons. The monoisotopic (exact) mass is 481 g/mol. The lowest BCUT2D eigenvalue weighted by atomic mass is 9.79. The van der Waals surface area contributed by atoms with Gasteiger partial charge in [0.05, 0.1) is 5.69 Å². The summed E-state index contributed by atoms with van der Waals surface area (Å²) in [5.41, 5.74) is 5.01. The van der Waals surface area contributed by atoms with Gasteiger partial charge in [-0.3, -0.25) is 19.8 Å². The molecule has 172 valence electrons. The first kappa shape index (κ1) is 23.5. The third-order valence-corrected chi connectivity index (χ3v) is 7.11. The van der Waals surface area contributed by atoms with E-state index in [1.165, 1.54) is 16.2 Å². The van der Waals surface area contributed by atoms with E-state index in [1.54, 1.807) is 30.3 Å². The highest BCUT2D eigenvalue weighted by Crippen LogP contribution is 2.44. The summed E-state index contributed by atoms with van der Waals surface area (Å²) < 4.78 is 0. The van der Waals surface area contributed by atoms with Crippen molar-refractivity contribution in [1.82, 2.24) is 5.32 Å². The number of benzene rings is 2. The first-order valence-corrected chi connectivity index (χ1v) is 11.9. The Morgan fingerprint density at radius 3 is 2.52 bits per heavy atom. The second-order valence-corrected chi connectivity index (χ2v) is 10.2. The number of aryl methyl sites for hydroxylation is 1. The average Bonchev–Trinajstić information content (AvgIpc) is 2.72. The number of hydrogen-bond acceptors (Lipinski definition) is 4. The van der Waals surface area contributed by atoms with Gasteiger partial charge in [0.2, 0.25) is 0 Å². The fourth-order valence-electron chi connectivity index (χ4n) is 5.04. The highest BCUT2D eigenvalue weighted by molar-refractivity contribution is 7.80. The predicted molar refractivity (Wildman–Crippen MR) is 139 cm³/mol. The molecule has 0 spiro atoms. The number of carbonyl (C=O) groups excluding carboxylic acids is 2. The van der Waals surface area contributed by atoms with Crippen molar-refractivity contribution in [3.8, 4) is 0 Å². The van der Waals surface area contributed by atoms with Gasteiger partial charge in [-0.1, -0.05) is 18.5 Å². The molecular formula is C26H28ClN3O2S. The molecule has 2 aliphatic rings. The molecule has 2 amide bonds. The van der Waals surface area contributed by atoms with Crippen LogP contribution in [0, 0.1) is 6.92 Å². The van der Waals surface area contributed by atoms with Gasteiger partial charge < -0.3 is 4.90 Å². The second-order valence-electron chi connectivity index (χ2n) is 9.36. The predicted octanol–water partition coefficient (Wildman–Crippen LogP) is 5.59. The van der Waals surface area contributed by atoms with Gasteiger partial charge in [0.15, 0.2) is 5.11 Å². The number of anilines is 2. The highest BCUT2D eigenvalue weighted by Gasteiger charge is 2.37.